The van der Waals surface area contributed by atoms with Gasteiger partial charge in [-0.25, -0.2) is 4.99 Å². The van der Waals surface area contributed by atoms with Crippen LogP contribution in [0.2, 0.25) is 0 Å². The van der Waals surface area contributed by atoms with Crippen molar-refractivity contribution in [2.75, 3.05) is 5.32 Å². The molecular formula is C24H28BrN5O. The third-order valence-electron chi connectivity index (χ3n) is 5.06. The van der Waals surface area contributed by atoms with Crippen molar-refractivity contribution in [2.45, 2.75) is 47.7 Å². The van der Waals surface area contributed by atoms with Gasteiger partial charge in [0, 0.05) is 28.0 Å². The molecule has 0 aliphatic carbocycles. The number of anilines is 1. The van der Waals surface area contributed by atoms with Crippen molar-refractivity contribution >= 4 is 33.5 Å². The first kappa shape index (κ1) is 22.7. The average Bonchev–Trinajstić information content (AvgIpc) is 2.98. The van der Waals surface area contributed by atoms with E-state index in [-0.39, 0.29) is 5.91 Å². The Kier molecular flexibility index (Phi) is 7.28. The second kappa shape index (κ2) is 9.92. The molecule has 7 heteroatoms. The predicted octanol–water partition coefficient (Wildman–Crippen LogP) is 5.30. The molecule has 0 fully saturated rings. The second-order valence-electron chi connectivity index (χ2n) is 7.57. The van der Waals surface area contributed by atoms with E-state index in [1.54, 1.807) is 6.07 Å². The molecule has 0 saturated carbocycles. The van der Waals surface area contributed by atoms with E-state index in [0.717, 1.165) is 44.8 Å². The number of amides is 1. The van der Waals surface area contributed by atoms with Gasteiger partial charge < -0.3 is 5.32 Å². The van der Waals surface area contributed by atoms with Gasteiger partial charge in [0.15, 0.2) is 0 Å². The van der Waals surface area contributed by atoms with Crippen LogP contribution in [0.25, 0.3) is 0 Å². The minimum atomic E-state index is -0.235. The minimum Gasteiger partial charge on any atom is -0.326 e. The van der Waals surface area contributed by atoms with Gasteiger partial charge in [-0.2, -0.15) is 5.10 Å². The van der Waals surface area contributed by atoms with Crippen LogP contribution >= 0.6 is 15.9 Å². The number of aliphatic imine (C=N–C) groups is 1. The first-order chi connectivity index (χ1) is 14.8. The van der Waals surface area contributed by atoms with E-state index in [1.807, 2.05) is 62.7 Å². The van der Waals surface area contributed by atoms with Gasteiger partial charge in [0.2, 0.25) is 5.96 Å². The lowest BCUT2D eigenvalue weighted by molar-refractivity contribution is 0.0976. The van der Waals surface area contributed by atoms with Crippen molar-refractivity contribution < 1.29 is 4.79 Å². The van der Waals surface area contributed by atoms with E-state index in [9.17, 15) is 4.79 Å². The summed E-state index contributed by atoms with van der Waals surface area (Å²) < 4.78 is 2.70. The fraction of sp³-hybridized carbons (Fsp3) is 0.292. The van der Waals surface area contributed by atoms with Crippen LogP contribution in [0, 0.1) is 27.7 Å². The van der Waals surface area contributed by atoms with Crippen LogP contribution < -0.4 is 10.6 Å². The molecular weight excluding hydrogens is 454 g/mol. The fourth-order valence-electron chi connectivity index (χ4n) is 3.54. The van der Waals surface area contributed by atoms with Crippen LogP contribution in [0.1, 0.15) is 45.4 Å². The largest absolute Gasteiger partial charge is 0.326 e. The molecule has 6 nitrogen and oxygen atoms in total. The Morgan fingerprint density at radius 1 is 1.10 bits per heavy atom. The molecule has 0 aliphatic rings. The predicted molar refractivity (Wildman–Crippen MR) is 130 cm³/mol. The normalized spacial score (nSPS) is 11.5. The number of nitrogens with zero attached hydrogens (tertiary/aromatic N) is 3. The molecule has 3 aromatic rings. The number of hydrogen-bond acceptors (Lipinski definition) is 3. The van der Waals surface area contributed by atoms with E-state index >= 15 is 0 Å². The highest BCUT2D eigenvalue weighted by atomic mass is 79.9. The van der Waals surface area contributed by atoms with Crippen molar-refractivity contribution in [1.29, 1.82) is 0 Å². The molecule has 0 spiro atoms. The number of guanidine groups is 1. The molecule has 1 amide bonds. The van der Waals surface area contributed by atoms with Crippen molar-refractivity contribution in [2.24, 2.45) is 4.99 Å². The lowest BCUT2D eigenvalue weighted by Crippen LogP contribution is -2.36. The Bertz CT molecular complexity index is 1110. The first-order valence-electron chi connectivity index (χ1n) is 10.3. The van der Waals surface area contributed by atoms with Gasteiger partial charge in [-0.05, 0) is 85.9 Å². The van der Waals surface area contributed by atoms with Gasteiger partial charge >= 0.3 is 0 Å². The zero-order chi connectivity index (χ0) is 22.5. The Hall–Kier alpha value is -2.93. The minimum absolute atomic E-state index is 0.235. The van der Waals surface area contributed by atoms with Crippen molar-refractivity contribution in [3.05, 3.63) is 80.6 Å². The zero-order valence-corrected chi connectivity index (χ0v) is 20.2. The number of nitrogens with one attached hydrogen (secondary N) is 2. The molecule has 31 heavy (non-hydrogen) atoms. The van der Waals surface area contributed by atoms with Gasteiger partial charge in [0.25, 0.3) is 5.91 Å². The summed E-state index contributed by atoms with van der Waals surface area (Å²) in [6, 6.07) is 13.5. The van der Waals surface area contributed by atoms with Gasteiger partial charge in [-0.15, -0.1) is 0 Å². The van der Waals surface area contributed by atoms with Crippen LogP contribution in [-0.4, -0.2) is 21.6 Å². The molecule has 0 atom stereocenters. The van der Waals surface area contributed by atoms with Crippen LogP contribution in [-0.2, 0) is 13.1 Å². The van der Waals surface area contributed by atoms with E-state index in [4.69, 9.17) is 4.99 Å². The average molecular weight is 482 g/mol. The van der Waals surface area contributed by atoms with E-state index in [1.165, 1.54) is 0 Å². The highest BCUT2D eigenvalue weighted by Gasteiger charge is 2.14. The zero-order valence-electron chi connectivity index (χ0n) is 18.6. The van der Waals surface area contributed by atoms with Crippen LogP contribution in [0.5, 0.6) is 0 Å². The Balaban J connectivity index is 1.91. The van der Waals surface area contributed by atoms with Crippen LogP contribution in [0.3, 0.4) is 0 Å². The molecule has 3 rings (SSSR count). The second-order valence-corrected chi connectivity index (χ2v) is 8.42. The van der Waals surface area contributed by atoms with Gasteiger partial charge in [0.05, 0.1) is 17.8 Å². The first-order valence-corrected chi connectivity index (χ1v) is 11.1. The molecule has 2 N–H and O–H groups in total. The van der Waals surface area contributed by atoms with E-state index in [0.29, 0.717) is 18.1 Å². The molecule has 0 aliphatic heterocycles. The Labute approximate surface area is 191 Å². The molecule has 0 radical (unpaired) electrons. The lowest BCUT2D eigenvalue weighted by atomic mass is 10.1. The number of carbonyl (C=O) groups excluding carboxylic acids is 1. The van der Waals surface area contributed by atoms with Crippen molar-refractivity contribution in [1.82, 2.24) is 15.1 Å². The van der Waals surface area contributed by atoms with Crippen molar-refractivity contribution in [3.8, 4) is 0 Å². The summed E-state index contributed by atoms with van der Waals surface area (Å²) in [4.78, 5) is 17.6. The van der Waals surface area contributed by atoms with Gasteiger partial charge in [-0.1, -0.05) is 18.2 Å². The third-order valence-corrected chi connectivity index (χ3v) is 5.75. The Morgan fingerprint density at radius 2 is 1.77 bits per heavy atom. The number of aromatic nitrogens is 2. The molecule has 1 heterocycles. The number of rotatable bonds is 5. The number of halogens is 1. The number of hydrogen-bond donors (Lipinski definition) is 2. The van der Waals surface area contributed by atoms with E-state index < -0.39 is 0 Å². The fourth-order valence-corrected chi connectivity index (χ4v) is 4.01. The molecule has 2 aromatic carbocycles. The summed E-state index contributed by atoms with van der Waals surface area (Å²) in [5, 5.41) is 10.8. The lowest BCUT2D eigenvalue weighted by Gasteiger charge is -2.14. The summed E-state index contributed by atoms with van der Waals surface area (Å²) >= 11 is 3.45. The molecule has 0 saturated heterocycles. The Morgan fingerprint density at radius 3 is 2.39 bits per heavy atom. The summed E-state index contributed by atoms with van der Waals surface area (Å²) in [5.74, 6) is 0.162. The summed E-state index contributed by atoms with van der Waals surface area (Å²) in [6.45, 7) is 11.4. The number of aryl methyl sites for hydroxylation is 4. The summed E-state index contributed by atoms with van der Waals surface area (Å²) in [6.07, 6.45) is 0. The number of benzene rings is 2. The quantitative estimate of drug-likeness (QED) is 0.383. The standard InChI is InChI=1S/C24H28BrN5O/c1-6-30-18(5)21(17(4)29-30)14-26-24(27-19-12-15(2)11-16(3)13-19)28-23(31)20-9-7-8-10-22(20)25/h7-13H,6,14H2,1-5H3,(H2,26,27,28,31). The smallest absolute Gasteiger partial charge is 0.259 e. The highest BCUT2D eigenvalue weighted by Crippen LogP contribution is 2.18. The van der Waals surface area contributed by atoms with Crippen LogP contribution in [0.15, 0.2) is 51.9 Å². The molecule has 0 bridgehead atoms. The van der Waals surface area contributed by atoms with E-state index in [2.05, 4.69) is 44.7 Å². The molecule has 162 valence electrons. The molecule has 0 unspecified atom stereocenters. The monoisotopic (exact) mass is 481 g/mol. The highest BCUT2D eigenvalue weighted by molar-refractivity contribution is 9.10. The summed E-state index contributed by atoms with van der Waals surface area (Å²) in [7, 11) is 0. The number of carbonyl (C=O) groups is 1. The van der Waals surface area contributed by atoms with Gasteiger partial charge in [0.1, 0.15) is 0 Å². The topological polar surface area (TPSA) is 71.3 Å². The van der Waals surface area contributed by atoms with Crippen LogP contribution in [0.4, 0.5) is 5.69 Å². The maximum Gasteiger partial charge on any atom is 0.259 e. The maximum absolute atomic E-state index is 12.9. The molecule has 1 aromatic heterocycles. The maximum atomic E-state index is 12.9. The SMILES string of the molecule is CCn1nc(C)c(CN=C(NC(=O)c2ccccc2Br)Nc2cc(C)cc(C)c2)c1C. The third kappa shape index (κ3) is 5.61. The van der Waals surface area contributed by atoms with Crippen molar-refractivity contribution in [3.63, 3.8) is 0 Å². The summed E-state index contributed by atoms with van der Waals surface area (Å²) in [5.41, 5.74) is 6.80. The van der Waals surface area contributed by atoms with Gasteiger partial charge in [-0.3, -0.25) is 14.8 Å².